The summed E-state index contributed by atoms with van der Waals surface area (Å²) < 4.78 is 7.67. The van der Waals surface area contributed by atoms with Crippen LogP contribution in [0.15, 0.2) is 54.9 Å². The molecule has 0 bridgehead atoms. The number of nitrogens with one attached hydrogen (secondary N) is 1. The Hall–Kier alpha value is -3.98. The van der Waals surface area contributed by atoms with Crippen LogP contribution in [-0.2, 0) is 4.74 Å². The minimum absolute atomic E-state index is 0.266. The standard InChI is InChI=1S/C27H29N7O2/c28-26-9-8-18(16-29-26)21-6-3-7-22(30-21)27(35)31-24-14-19-17-34(20-4-1-2-5-20)32-23(19)15-25(24)33-10-12-36-13-11-33/h3,6-9,14-17,20H,1-2,4-5,10-13H2,(H2,28,29)(H,31,35). The monoisotopic (exact) mass is 483 g/mol. The Balaban J connectivity index is 1.33. The van der Waals surface area contributed by atoms with E-state index >= 15 is 0 Å². The molecule has 0 radical (unpaired) electrons. The Bertz CT molecular complexity index is 1390. The molecule has 1 aliphatic carbocycles. The number of hydrogen-bond donors (Lipinski definition) is 2. The van der Waals surface area contributed by atoms with Crippen LogP contribution in [0.3, 0.4) is 0 Å². The second-order valence-electron chi connectivity index (χ2n) is 9.41. The lowest BCUT2D eigenvalue weighted by atomic mass is 10.1. The summed E-state index contributed by atoms with van der Waals surface area (Å²) in [7, 11) is 0. The number of morpholine rings is 1. The smallest absolute Gasteiger partial charge is 0.274 e. The molecule has 1 aliphatic heterocycles. The van der Waals surface area contributed by atoms with Crippen molar-refractivity contribution < 1.29 is 9.53 Å². The topological polar surface area (TPSA) is 111 Å². The summed E-state index contributed by atoms with van der Waals surface area (Å²) >= 11 is 0. The third-order valence-corrected chi connectivity index (χ3v) is 7.00. The summed E-state index contributed by atoms with van der Waals surface area (Å²) in [6.45, 7) is 2.83. The van der Waals surface area contributed by atoms with Crippen LogP contribution in [0, 0.1) is 0 Å². The van der Waals surface area contributed by atoms with Crippen LogP contribution in [0.4, 0.5) is 17.2 Å². The fourth-order valence-corrected chi connectivity index (χ4v) is 5.07. The number of nitrogens with zero attached hydrogens (tertiary/aromatic N) is 5. The van der Waals surface area contributed by atoms with Crippen LogP contribution >= 0.6 is 0 Å². The molecule has 1 saturated heterocycles. The van der Waals surface area contributed by atoms with Gasteiger partial charge >= 0.3 is 0 Å². The van der Waals surface area contributed by atoms with Crippen molar-refractivity contribution in [2.75, 3.05) is 42.3 Å². The number of fused-ring (bicyclic) bond motifs is 1. The van der Waals surface area contributed by atoms with Crippen LogP contribution in [0.25, 0.3) is 22.2 Å². The zero-order valence-corrected chi connectivity index (χ0v) is 20.1. The Labute approximate surface area is 209 Å². The van der Waals surface area contributed by atoms with Crippen molar-refractivity contribution in [2.24, 2.45) is 0 Å². The summed E-state index contributed by atoms with van der Waals surface area (Å²) in [5.41, 5.74) is 10.2. The summed E-state index contributed by atoms with van der Waals surface area (Å²) in [5.74, 6) is 0.173. The van der Waals surface area contributed by atoms with E-state index in [2.05, 4.69) is 37.1 Å². The van der Waals surface area contributed by atoms with Crippen molar-refractivity contribution in [1.29, 1.82) is 0 Å². The van der Waals surface area contributed by atoms with Gasteiger partial charge in [0, 0.05) is 36.4 Å². The number of rotatable bonds is 5. The third kappa shape index (κ3) is 4.49. The van der Waals surface area contributed by atoms with Crippen molar-refractivity contribution in [3.63, 3.8) is 0 Å². The molecule has 1 aromatic carbocycles. The molecule has 1 saturated carbocycles. The summed E-state index contributed by atoms with van der Waals surface area (Å²) in [6.07, 6.45) is 8.60. The molecule has 9 heteroatoms. The largest absolute Gasteiger partial charge is 0.384 e. The number of nitrogen functional groups attached to an aromatic ring is 1. The predicted molar refractivity (Wildman–Crippen MR) is 140 cm³/mol. The SMILES string of the molecule is Nc1ccc(-c2cccc(C(=O)Nc3cc4cn(C5CCCC5)nc4cc3N3CCOCC3)n2)cn1. The van der Waals surface area contributed by atoms with E-state index in [9.17, 15) is 4.79 Å². The van der Waals surface area contributed by atoms with Crippen LogP contribution in [-0.4, -0.2) is 52.0 Å². The maximum atomic E-state index is 13.4. The molecule has 3 N–H and O–H groups in total. The lowest BCUT2D eigenvalue weighted by Gasteiger charge is -2.30. The van der Waals surface area contributed by atoms with E-state index < -0.39 is 0 Å². The normalized spacial score (nSPS) is 16.5. The van der Waals surface area contributed by atoms with Crippen LogP contribution in [0.2, 0.25) is 0 Å². The molecule has 9 nitrogen and oxygen atoms in total. The summed E-state index contributed by atoms with van der Waals surface area (Å²) in [4.78, 5) is 24.3. The minimum atomic E-state index is -0.266. The molecule has 2 aliphatic rings. The highest BCUT2D eigenvalue weighted by atomic mass is 16.5. The number of hydrogen-bond acceptors (Lipinski definition) is 7. The highest BCUT2D eigenvalue weighted by molar-refractivity contribution is 6.06. The summed E-state index contributed by atoms with van der Waals surface area (Å²) in [6, 6.07) is 13.5. The van der Waals surface area contributed by atoms with E-state index in [1.54, 1.807) is 18.3 Å². The maximum absolute atomic E-state index is 13.4. The third-order valence-electron chi connectivity index (χ3n) is 7.00. The molecule has 4 aromatic rings. The lowest BCUT2D eigenvalue weighted by molar-refractivity contribution is 0.102. The number of pyridine rings is 2. The van der Waals surface area contributed by atoms with Gasteiger partial charge in [-0.2, -0.15) is 5.10 Å². The number of aromatic nitrogens is 4. The van der Waals surface area contributed by atoms with Crippen molar-refractivity contribution in [3.05, 3.63) is 60.6 Å². The fraction of sp³-hybridized carbons (Fsp3) is 0.333. The molecule has 0 atom stereocenters. The average Bonchev–Trinajstić information content (AvgIpc) is 3.59. The van der Waals surface area contributed by atoms with Gasteiger partial charge in [-0.05, 0) is 49.2 Å². The second kappa shape index (κ2) is 9.58. The number of benzene rings is 1. The molecule has 2 fully saturated rings. The van der Waals surface area contributed by atoms with E-state index in [1.807, 2.05) is 24.3 Å². The number of ether oxygens (including phenoxy) is 1. The molecular weight excluding hydrogens is 454 g/mol. The van der Waals surface area contributed by atoms with E-state index in [1.165, 1.54) is 25.7 Å². The van der Waals surface area contributed by atoms with Crippen molar-refractivity contribution in [3.8, 4) is 11.3 Å². The molecule has 4 heterocycles. The van der Waals surface area contributed by atoms with Gasteiger partial charge in [0.25, 0.3) is 5.91 Å². The van der Waals surface area contributed by atoms with Gasteiger partial charge in [0.15, 0.2) is 0 Å². The fourth-order valence-electron chi connectivity index (χ4n) is 5.07. The van der Waals surface area contributed by atoms with Gasteiger partial charge in [0.2, 0.25) is 0 Å². The molecule has 184 valence electrons. The Morgan fingerprint density at radius 2 is 1.92 bits per heavy atom. The first kappa shape index (κ1) is 22.5. The zero-order chi connectivity index (χ0) is 24.5. The first-order valence-corrected chi connectivity index (χ1v) is 12.5. The van der Waals surface area contributed by atoms with E-state index in [0.717, 1.165) is 40.9 Å². The highest BCUT2D eigenvalue weighted by Gasteiger charge is 2.22. The Morgan fingerprint density at radius 3 is 2.69 bits per heavy atom. The predicted octanol–water partition coefficient (Wildman–Crippen LogP) is 4.28. The first-order valence-electron chi connectivity index (χ1n) is 12.5. The Kier molecular flexibility index (Phi) is 5.98. The zero-order valence-electron chi connectivity index (χ0n) is 20.1. The minimum Gasteiger partial charge on any atom is -0.384 e. The van der Waals surface area contributed by atoms with E-state index in [-0.39, 0.29) is 5.91 Å². The molecule has 6 rings (SSSR count). The molecule has 3 aromatic heterocycles. The number of anilines is 3. The van der Waals surface area contributed by atoms with Gasteiger partial charge in [0.05, 0.1) is 41.8 Å². The van der Waals surface area contributed by atoms with Crippen LogP contribution in [0.1, 0.15) is 42.2 Å². The number of nitrogens with two attached hydrogens (primary N) is 1. The van der Waals surface area contributed by atoms with Gasteiger partial charge in [-0.1, -0.05) is 18.9 Å². The van der Waals surface area contributed by atoms with Gasteiger partial charge < -0.3 is 20.7 Å². The number of carbonyl (C=O) groups excluding carboxylic acids is 1. The maximum Gasteiger partial charge on any atom is 0.274 e. The first-order chi connectivity index (χ1) is 17.6. The van der Waals surface area contributed by atoms with E-state index in [0.29, 0.717) is 36.5 Å². The Morgan fingerprint density at radius 1 is 1.08 bits per heavy atom. The second-order valence-corrected chi connectivity index (χ2v) is 9.41. The quantitative estimate of drug-likeness (QED) is 0.436. The van der Waals surface area contributed by atoms with Crippen molar-refractivity contribution >= 4 is 34.0 Å². The molecule has 0 spiro atoms. The molecule has 1 amide bonds. The van der Waals surface area contributed by atoms with Crippen LogP contribution < -0.4 is 16.0 Å². The van der Waals surface area contributed by atoms with Crippen LogP contribution in [0.5, 0.6) is 0 Å². The van der Waals surface area contributed by atoms with Gasteiger partial charge in [-0.15, -0.1) is 0 Å². The molecule has 0 unspecified atom stereocenters. The van der Waals surface area contributed by atoms with Crippen molar-refractivity contribution in [1.82, 2.24) is 19.7 Å². The van der Waals surface area contributed by atoms with Gasteiger partial charge in [-0.3, -0.25) is 9.48 Å². The average molecular weight is 484 g/mol. The molecule has 36 heavy (non-hydrogen) atoms. The molecular formula is C27H29N7O2. The van der Waals surface area contributed by atoms with Crippen molar-refractivity contribution in [2.45, 2.75) is 31.7 Å². The lowest BCUT2D eigenvalue weighted by Crippen LogP contribution is -2.36. The summed E-state index contributed by atoms with van der Waals surface area (Å²) in [5, 5.41) is 9.04. The number of carbonyl (C=O) groups is 1. The number of amides is 1. The highest BCUT2D eigenvalue weighted by Crippen LogP contribution is 2.35. The van der Waals surface area contributed by atoms with E-state index in [4.69, 9.17) is 15.6 Å². The van der Waals surface area contributed by atoms with Gasteiger partial charge in [-0.25, -0.2) is 9.97 Å². The van der Waals surface area contributed by atoms with Gasteiger partial charge in [0.1, 0.15) is 11.5 Å².